The highest BCUT2D eigenvalue weighted by molar-refractivity contribution is 6.06. The molecule has 0 spiro atoms. The third kappa shape index (κ3) is 4.84. The van der Waals surface area contributed by atoms with Gasteiger partial charge in [-0.15, -0.1) is 0 Å². The fraction of sp³-hybridized carbons (Fsp3) is 0.130. The summed E-state index contributed by atoms with van der Waals surface area (Å²) in [4.78, 5) is 25.0. The lowest BCUT2D eigenvalue weighted by Crippen LogP contribution is -2.15. The summed E-state index contributed by atoms with van der Waals surface area (Å²) in [5, 5.41) is 5.78. The summed E-state index contributed by atoms with van der Waals surface area (Å²) in [6.45, 7) is 2.35. The number of aryl methyl sites for hydroxylation is 1. The molecule has 0 unspecified atom stereocenters. The quantitative estimate of drug-likeness (QED) is 0.660. The summed E-state index contributed by atoms with van der Waals surface area (Å²) in [7, 11) is 1.62. The van der Waals surface area contributed by atoms with E-state index in [1.807, 2.05) is 49.4 Å². The molecule has 142 valence electrons. The molecule has 0 fully saturated rings. The van der Waals surface area contributed by atoms with Gasteiger partial charge in [0.15, 0.2) is 0 Å². The van der Waals surface area contributed by atoms with Crippen molar-refractivity contribution >= 4 is 23.2 Å². The number of methoxy groups -OCH3 is 1. The maximum Gasteiger partial charge on any atom is 0.255 e. The summed E-state index contributed by atoms with van der Waals surface area (Å²) in [6.07, 6.45) is 0. The fourth-order valence-corrected chi connectivity index (χ4v) is 2.79. The van der Waals surface area contributed by atoms with Gasteiger partial charge in [0.25, 0.3) is 11.8 Å². The Balaban J connectivity index is 1.75. The molecular weight excluding hydrogens is 352 g/mol. The number of nitrogens with one attached hydrogen (secondary N) is 2. The number of benzene rings is 3. The molecule has 5 nitrogen and oxygen atoms in total. The molecule has 0 atom stereocenters. The van der Waals surface area contributed by atoms with Crippen LogP contribution < -0.4 is 10.6 Å². The van der Waals surface area contributed by atoms with Crippen LogP contribution in [0.3, 0.4) is 0 Å². The van der Waals surface area contributed by atoms with Crippen LogP contribution in [0, 0.1) is 6.92 Å². The Bertz CT molecular complexity index is 984. The lowest BCUT2D eigenvalue weighted by molar-refractivity contribution is 0.101. The molecule has 5 heteroatoms. The maximum absolute atomic E-state index is 12.6. The first-order valence-electron chi connectivity index (χ1n) is 8.93. The van der Waals surface area contributed by atoms with Gasteiger partial charge in [-0.3, -0.25) is 9.59 Å². The minimum atomic E-state index is -0.215. The van der Waals surface area contributed by atoms with Crippen molar-refractivity contribution in [1.82, 2.24) is 0 Å². The van der Waals surface area contributed by atoms with Crippen molar-refractivity contribution in [2.24, 2.45) is 0 Å². The normalized spacial score (nSPS) is 10.4. The number of hydrogen-bond donors (Lipinski definition) is 2. The molecule has 3 aromatic carbocycles. The van der Waals surface area contributed by atoms with E-state index in [0.717, 1.165) is 11.1 Å². The molecule has 2 amide bonds. The van der Waals surface area contributed by atoms with Crippen LogP contribution in [0.5, 0.6) is 0 Å². The molecule has 0 aromatic heterocycles. The summed E-state index contributed by atoms with van der Waals surface area (Å²) in [5.74, 6) is -0.415. The van der Waals surface area contributed by atoms with Crippen molar-refractivity contribution in [2.45, 2.75) is 13.5 Å². The summed E-state index contributed by atoms with van der Waals surface area (Å²) in [6, 6.07) is 21.7. The molecule has 0 heterocycles. The molecule has 0 aliphatic carbocycles. The van der Waals surface area contributed by atoms with Gasteiger partial charge in [0, 0.05) is 29.6 Å². The highest BCUT2D eigenvalue weighted by Gasteiger charge is 2.11. The molecule has 0 radical (unpaired) electrons. The van der Waals surface area contributed by atoms with Gasteiger partial charge >= 0.3 is 0 Å². The van der Waals surface area contributed by atoms with Gasteiger partial charge < -0.3 is 15.4 Å². The second kappa shape index (κ2) is 8.97. The Kier molecular flexibility index (Phi) is 6.19. The van der Waals surface area contributed by atoms with Gasteiger partial charge in [-0.25, -0.2) is 0 Å². The zero-order chi connectivity index (χ0) is 19.9. The zero-order valence-corrected chi connectivity index (χ0v) is 15.9. The van der Waals surface area contributed by atoms with Gasteiger partial charge in [-0.2, -0.15) is 0 Å². The van der Waals surface area contributed by atoms with E-state index in [0.29, 0.717) is 29.1 Å². The number of hydrogen-bond acceptors (Lipinski definition) is 3. The average molecular weight is 374 g/mol. The predicted octanol–water partition coefficient (Wildman–Crippen LogP) is 4.65. The molecule has 0 aliphatic heterocycles. The first-order valence-corrected chi connectivity index (χ1v) is 8.93. The third-order valence-electron chi connectivity index (χ3n) is 4.28. The molecule has 28 heavy (non-hydrogen) atoms. The molecule has 3 rings (SSSR count). The zero-order valence-electron chi connectivity index (χ0n) is 15.9. The van der Waals surface area contributed by atoms with Crippen molar-refractivity contribution in [3.8, 4) is 0 Å². The Hall–Kier alpha value is -3.44. The molecule has 0 bridgehead atoms. The van der Waals surface area contributed by atoms with Gasteiger partial charge in [0.1, 0.15) is 0 Å². The van der Waals surface area contributed by atoms with Gasteiger partial charge in [0.05, 0.1) is 6.61 Å². The Labute approximate surface area is 164 Å². The van der Waals surface area contributed by atoms with E-state index < -0.39 is 0 Å². The molecule has 2 N–H and O–H groups in total. The van der Waals surface area contributed by atoms with E-state index in [9.17, 15) is 9.59 Å². The number of carbonyl (C=O) groups excluding carboxylic acids is 2. The van der Waals surface area contributed by atoms with Crippen LogP contribution in [0.25, 0.3) is 0 Å². The monoisotopic (exact) mass is 374 g/mol. The molecule has 3 aromatic rings. The van der Waals surface area contributed by atoms with Gasteiger partial charge in [-0.1, -0.05) is 36.4 Å². The fourth-order valence-electron chi connectivity index (χ4n) is 2.79. The second-order valence-electron chi connectivity index (χ2n) is 6.44. The van der Waals surface area contributed by atoms with E-state index in [1.165, 1.54) is 0 Å². The van der Waals surface area contributed by atoms with Gasteiger partial charge in [0.2, 0.25) is 0 Å². The first kappa shape index (κ1) is 19.3. The van der Waals surface area contributed by atoms with E-state index in [1.54, 1.807) is 37.4 Å². The molecule has 0 saturated carbocycles. The van der Waals surface area contributed by atoms with E-state index >= 15 is 0 Å². The summed E-state index contributed by atoms with van der Waals surface area (Å²) in [5.41, 5.74) is 4.21. The van der Waals surface area contributed by atoms with E-state index in [2.05, 4.69) is 10.6 Å². The van der Waals surface area contributed by atoms with Crippen LogP contribution in [0.4, 0.5) is 11.4 Å². The third-order valence-corrected chi connectivity index (χ3v) is 4.28. The SMILES string of the molecule is COCc1cccc(C(=O)Nc2cc(NC(=O)c3ccccc3)ccc2C)c1. The Morgan fingerprint density at radius 3 is 2.29 bits per heavy atom. The number of anilines is 2. The van der Waals surface area contributed by atoms with Crippen molar-refractivity contribution in [2.75, 3.05) is 17.7 Å². The number of carbonyl (C=O) groups is 2. The summed E-state index contributed by atoms with van der Waals surface area (Å²) >= 11 is 0. The Morgan fingerprint density at radius 2 is 1.54 bits per heavy atom. The standard InChI is InChI=1S/C23H22N2O3/c1-16-11-12-20(24-22(26)18-8-4-3-5-9-18)14-21(16)25-23(27)19-10-6-7-17(13-19)15-28-2/h3-14H,15H2,1-2H3,(H,24,26)(H,25,27). The van der Waals surface area contributed by atoms with E-state index in [4.69, 9.17) is 4.74 Å². The Morgan fingerprint density at radius 1 is 0.821 bits per heavy atom. The first-order chi connectivity index (χ1) is 13.6. The van der Waals surface area contributed by atoms with Gasteiger partial charge in [-0.05, 0) is 54.4 Å². The van der Waals surface area contributed by atoms with Crippen molar-refractivity contribution in [1.29, 1.82) is 0 Å². The minimum absolute atomic E-state index is 0.200. The molecular formula is C23H22N2O3. The number of ether oxygens (including phenoxy) is 1. The largest absolute Gasteiger partial charge is 0.380 e. The van der Waals surface area contributed by atoms with Crippen molar-refractivity contribution in [3.63, 3.8) is 0 Å². The second-order valence-corrected chi connectivity index (χ2v) is 6.44. The van der Waals surface area contributed by atoms with Crippen LogP contribution in [-0.4, -0.2) is 18.9 Å². The van der Waals surface area contributed by atoms with Crippen LogP contribution in [-0.2, 0) is 11.3 Å². The topological polar surface area (TPSA) is 67.4 Å². The van der Waals surface area contributed by atoms with Crippen LogP contribution >= 0.6 is 0 Å². The van der Waals surface area contributed by atoms with Crippen molar-refractivity contribution in [3.05, 3.63) is 95.1 Å². The number of amides is 2. The molecule has 0 saturated heterocycles. The van der Waals surface area contributed by atoms with Crippen LogP contribution in [0.1, 0.15) is 31.8 Å². The van der Waals surface area contributed by atoms with Crippen LogP contribution in [0.15, 0.2) is 72.8 Å². The minimum Gasteiger partial charge on any atom is -0.380 e. The lowest BCUT2D eigenvalue weighted by Gasteiger charge is -2.12. The maximum atomic E-state index is 12.6. The molecule has 0 aliphatic rings. The van der Waals surface area contributed by atoms with Crippen LogP contribution in [0.2, 0.25) is 0 Å². The smallest absolute Gasteiger partial charge is 0.255 e. The average Bonchev–Trinajstić information content (AvgIpc) is 2.71. The number of rotatable bonds is 6. The highest BCUT2D eigenvalue weighted by atomic mass is 16.5. The summed E-state index contributed by atoms with van der Waals surface area (Å²) < 4.78 is 5.12. The lowest BCUT2D eigenvalue weighted by atomic mass is 10.1. The van der Waals surface area contributed by atoms with E-state index in [-0.39, 0.29) is 11.8 Å². The van der Waals surface area contributed by atoms with Crippen molar-refractivity contribution < 1.29 is 14.3 Å². The predicted molar refractivity (Wildman–Crippen MR) is 111 cm³/mol. The highest BCUT2D eigenvalue weighted by Crippen LogP contribution is 2.22.